The number of allylic oxidation sites excluding steroid dienone is 2. The molecule has 22 heavy (non-hydrogen) atoms. The van der Waals surface area contributed by atoms with Gasteiger partial charge in [-0.3, -0.25) is 4.79 Å². The van der Waals surface area contributed by atoms with Crippen molar-refractivity contribution in [3.8, 4) is 0 Å². The molecule has 0 aromatic rings. The molecule has 4 heteroatoms. The largest absolute Gasteiger partial charge is 0.382 e. The molecule has 2 aliphatic rings. The van der Waals surface area contributed by atoms with E-state index in [1.807, 2.05) is 6.92 Å². The molecule has 1 amide bonds. The van der Waals surface area contributed by atoms with E-state index in [2.05, 4.69) is 29.3 Å². The molecule has 0 bridgehead atoms. The van der Waals surface area contributed by atoms with Crippen molar-refractivity contribution in [3.05, 3.63) is 12.2 Å². The van der Waals surface area contributed by atoms with E-state index in [0.717, 1.165) is 58.5 Å². The van der Waals surface area contributed by atoms with Gasteiger partial charge in [0.1, 0.15) is 0 Å². The fourth-order valence-corrected chi connectivity index (χ4v) is 3.55. The molecule has 0 radical (unpaired) electrons. The van der Waals surface area contributed by atoms with Crippen LogP contribution in [0.3, 0.4) is 0 Å². The van der Waals surface area contributed by atoms with Gasteiger partial charge in [0.05, 0.1) is 0 Å². The van der Waals surface area contributed by atoms with Crippen molar-refractivity contribution in [2.24, 2.45) is 11.8 Å². The molecule has 1 N–H and O–H groups in total. The summed E-state index contributed by atoms with van der Waals surface area (Å²) in [7, 11) is 0. The summed E-state index contributed by atoms with van der Waals surface area (Å²) >= 11 is 0. The minimum atomic E-state index is 0.234. The molecule has 4 nitrogen and oxygen atoms in total. The average molecular weight is 308 g/mol. The molecule has 126 valence electrons. The van der Waals surface area contributed by atoms with Crippen LogP contribution in [0.4, 0.5) is 0 Å². The number of hydrogen-bond donors (Lipinski definition) is 1. The fourth-order valence-electron chi connectivity index (χ4n) is 3.55. The quantitative estimate of drug-likeness (QED) is 0.553. The molecule has 0 spiro atoms. The van der Waals surface area contributed by atoms with E-state index in [-0.39, 0.29) is 5.91 Å². The number of nitrogens with one attached hydrogen (secondary N) is 1. The predicted molar refractivity (Wildman–Crippen MR) is 89.7 cm³/mol. The van der Waals surface area contributed by atoms with Crippen LogP contribution in [0, 0.1) is 11.8 Å². The van der Waals surface area contributed by atoms with Crippen molar-refractivity contribution in [2.45, 2.75) is 52.0 Å². The zero-order valence-corrected chi connectivity index (χ0v) is 14.2. The normalized spacial score (nSPS) is 28.9. The van der Waals surface area contributed by atoms with Crippen molar-refractivity contribution in [2.75, 3.05) is 32.8 Å². The van der Waals surface area contributed by atoms with Crippen LogP contribution in [0.2, 0.25) is 0 Å². The topological polar surface area (TPSA) is 41.6 Å². The Hall–Kier alpha value is -0.870. The number of likely N-dealkylation sites (tertiary alicyclic amines) is 1. The minimum absolute atomic E-state index is 0.234. The Bertz CT molecular complexity index is 370. The van der Waals surface area contributed by atoms with Gasteiger partial charge in [-0.25, -0.2) is 0 Å². The summed E-state index contributed by atoms with van der Waals surface area (Å²) in [5.74, 6) is 1.23. The predicted octanol–water partition coefficient (Wildman–Crippen LogP) is 2.60. The molecule has 1 fully saturated rings. The van der Waals surface area contributed by atoms with E-state index < -0.39 is 0 Å². The van der Waals surface area contributed by atoms with E-state index in [1.54, 1.807) is 0 Å². The third kappa shape index (κ3) is 5.73. The maximum absolute atomic E-state index is 12.2. The minimum Gasteiger partial charge on any atom is -0.382 e. The molecule has 0 unspecified atom stereocenters. The first-order valence-corrected chi connectivity index (χ1v) is 8.95. The first kappa shape index (κ1) is 17.5. The maximum Gasteiger partial charge on any atom is 0.220 e. The first-order chi connectivity index (χ1) is 10.7. The monoisotopic (exact) mass is 308 g/mol. The lowest BCUT2D eigenvalue weighted by Gasteiger charge is -2.37. The summed E-state index contributed by atoms with van der Waals surface area (Å²) in [6.07, 6.45) is 9.51. The van der Waals surface area contributed by atoms with E-state index in [1.165, 1.54) is 0 Å². The number of hydrogen-bond acceptors (Lipinski definition) is 3. The average Bonchev–Trinajstić information content (AvgIpc) is 2.99. The molecule has 1 aliphatic carbocycles. The standard InChI is InChI=1S/C18H32N2O2/c1-3-22-12-6-10-20-11-9-17(15(2)14-20)19-18(21)13-16-7-4-5-8-16/h4,7,15-17H,3,5-6,8-14H2,1-2H3,(H,19,21)/t15-,16-,17-/m0/s1. The Labute approximate surface area is 135 Å². The van der Waals surface area contributed by atoms with Gasteiger partial charge in [0.2, 0.25) is 5.91 Å². The third-order valence-corrected chi connectivity index (χ3v) is 4.86. The number of amides is 1. The Morgan fingerprint density at radius 1 is 1.41 bits per heavy atom. The molecule has 1 saturated heterocycles. The Balaban J connectivity index is 1.64. The molecule has 0 aromatic carbocycles. The summed E-state index contributed by atoms with van der Waals surface area (Å²) in [4.78, 5) is 14.7. The second-order valence-corrected chi connectivity index (χ2v) is 6.76. The van der Waals surface area contributed by atoms with Crippen molar-refractivity contribution in [1.29, 1.82) is 0 Å². The summed E-state index contributed by atoms with van der Waals surface area (Å²) in [5, 5.41) is 3.27. The number of ether oxygens (including phenoxy) is 1. The number of piperidine rings is 1. The van der Waals surface area contributed by atoms with Gasteiger partial charge in [-0.2, -0.15) is 0 Å². The lowest BCUT2D eigenvalue weighted by molar-refractivity contribution is -0.123. The van der Waals surface area contributed by atoms with Gasteiger partial charge in [-0.05, 0) is 44.4 Å². The van der Waals surface area contributed by atoms with Crippen molar-refractivity contribution < 1.29 is 9.53 Å². The molecular weight excluding hydrogens is 276 g/mol. The second kappa shape index (κ2) is 9.31. The molecule has 1 aliphatic heterocycles. The zero-order valence-electron chi connectivity index (χ0n) is 14.2. The zero-order chi connectivity index (χ0) is 15.8. The van der Waals surface area contributed by atoms with Gasteiger partial charge in [-0.1, -0.05) is 19.1 Å². The van der Waals surface area contributed by atoms with Crippen LogP contribution in [0.25, 0.3) is 0 Å². The van der Waals surface area contributed by atoms with E-state index in [0.29, 0.717) is 24.3 Å². The van der Waals surface area contributed by atoms with Gasteiger partial charge in [0, 0.05) is 45.3 Å². The summed E-state index contributed by atoms with van der Waals surface area (Å²) in [6.45, 7) is 9.24. The van der Waals surface area contributed by atoms with Gasteiger partial charge in [0.15, 0.2) is 0 Å². The van der Waals surface area contributed by atoms with Crippen LogP contribution >= 0.6 is 0 Å². The van der Waals surface area contributed by atoms with Crippen LogP contribution in [0.1, 0.15) is 46.0 Å². The van der Waals surface area contributed by atoms with Gasteiger partial charge >= 0.3 is 0 Å². The van der Waals surface area contributed by atoms with Crippen molar-refractivity contribution >= 4 is 5.91 Å². The van der Waals surface area contributed by atoms with Gasteiger partial charge < -0.3 is 15.0 Å². The third-order valence-electron chi connectivity index (χ3n) is 4.86. The molecule has 0 aromatic heterocycles. The van der Waals surface area contributed by atoms with E-state index in [4.69, 9.17) is 4.74 Å². The van der Waals surface area contributed by atoms with Gasteiger partial charge in [-0.15, -0.1) is 0 Å². The number of carbonyl (C=O) groups is 1. The van der Waals surface area contributed by atoms with Gasteiger partial charge in [0.25, 0.3) is 0 Å². The Morgan fingerprint density at radius 3 is 2.95 bits per heavy atom. The number of carbonyl (C=O) groups excluding carboxylic acids is 1. The van der Waals surface area contributed by atoms with Crippen LogP contribution in [-0.2, 0) is 9.53 Å². The molecule has 1 heterocycles. The SMILES string of the molecule is CCOCCCN1CC[C@H](NC(=O)C[C@H]2C=CCC2)[C@@H](C)C1. The lowest BCUT2D eigenvalue weighted by atomic mass is 9.93. The Kier molecular flexibility index (Phi) is 7.40. The van der Waals surface area contributed by atoms with Crippen molar-refractivity contribution in [1.82, 2.24) is 10.2 Å². The summed E-state index contributed by atoms with van der Waals surface area (Å²) < 4.78 is 5.40. The van der Waals surface area contributed by atoms with E-state index >= 15 is 0 Å². The van der Waals surface area contributed by atoms with Crippen LogP contribution < -0.4 is 5.32 Å². The molecule has 3 atom stereocenters. The highest BCUT2D eigenvalue weighted by molar-refractivity contribution is 5.76. The highest BCUT2D eigenvalue weighted by Crippen LogP contribution is 2.21. The van der Waals surface area contributed by atoms with Crippen LogP contribution in [0.5, 0.6) is 0 Å². The maximum atomic E-state index is 12.2. The Morgan fingerprint density at radius 2 is 2.27 bits per heavy atom. The van der Waals surface area contributed by atoms with E-state index in [9.17, 15) is 4.79 Å². The lowest BCUT2D eigenvalue weighted by Crippen LogP contribution is -2.50. The molecule has 0 saturated carbocycles. The fraction of sp³-hybridized carbons (Fsp3) is 0.833. The first-order valence-electron chi connectivity index (χ1n) is 8.95. The highest BCUT2D eigenvalue weighted by atomic mass is 16.5. The summed E-state index contributed by atoms with van der Waals surface area (Å²) in [5.41, 5.74) is 0. The van der Waals surface area contributed by atoms with Crippen molar-refractivity contribution in [3.63, 3.8) is 0 Å². The summed E-state index contributed by atoms with van der Waals surface area (Å²) in [6, 6.07) is 0.348. The highest BCUT2D eigenvalue weighted by Gasteiger charge is 2.27. The smallest absolute Gasteiger partial charge is 0.220 e. The number of rotatable bonds is 8. The molecular formula is C18H32N2O2. The number of nitrogens with zero attached hydrogens (tertiary/aromatic N) is 1. The van der Waals surface area contributed by atoms with Crippen LogP contribution in [-0.4, -0.2) is 49.7 Å². The van der Waals surface area contributed by atoms with Crippen LogP contribution in [0.15, 0.2) is 12.2 Å². The second-order valence-electron chi connectivity index (χ2n) is 6.76. The molecule has 2 rings (SSSR count).